The Morgan fingerprint density at radius 3 is 2.33 bits per heavy atom. The first-order valence-corrected chi connectivity index (χ1v) is 13.6. The average molecular weight is 580 g/mol. The molecule has 0 saturated carbocycles. The van der Waals surface area contributed by atoms with Crippen molar-refractivity contribution in [2.24, 2.45) is 5.92 Å². The van der Waals surface area contributed by atoms with Crippen molar-refractivity contribution in [1.29, 1.82) is 0 Å². The molecule has 3 atom stereocenters. The van der Waals surface area contributed by atoms with E-state index in [1.54, 1.807) is 0 Å². The molecule has 3 rings (SSSR count). The summed E-state index contributed by atoms with van der Waals surface area (Å²) in [7, 11) is 0. The molecule has 1 fully saturated rings. The highest BCUT2D eigenvalue weighted by molar-refractivity contribution is 9.10. The molecule has 2 aromatic rings. The van der Waals surface area contributed by atoms with Crippen molar-refractivity contribution >= 4 is 45.3 Å². The highest BCUT2D eigenvalue weighted by Crippen LogP contribution is 2.29. The van der Waals surface area contributed by atoms with Crippen LogP contribution in [0.4, 0.5) is 5.69 Å². The largest absolute Gasteiger partial charge is 0.478 e. The average Bonchev–Trinajstić information content (AvgIpc) is 2.81. The summed E-state index contributed by atoms with van der Waals surface area (Å²) in [6.45, 7) is 7.50. The third-order valence-electron chi connectivity index (χ3n) is 5.82. The van der Waals surface area contributed by atoms with Crippen LogP contribution in [0.5, 0.6) is 0 Å². The van der Waals surface area contributed by atoms with Crippen molar-refractivity contribution in [2.75, 3.05) is 17.2 Å². The van der Waals surface area contributed by atoms with Crippen LogP contribution in [-0.4, -0.2) is 50.9 Å². The second kappa shape index (κ2) is 13.8. The van der Waals surface area contributed by atoms with E-state index in [0.29, 0.717) is 12.2 Å². The molecule has 0 unspecified atom stereocenters. The molecule has 1 heterocycles. The van der Waals surface area contributed by atoms with Gasteiger partial charge in [0.2, 0.25) is 0 Å². The predicted octanol–water partition coefficient (Wildman–Crippen LogP) is 4.47. The highest BCUT2D eigenvalue weighted by atomic mass is 79.9. The number of carboxylic acids is 2. The third kappa shape index (κ3) is 9.97. The zero-order chi connectivity index (χ0) is 26.9. The maximum absolute atomic E-state index is 11.0. The number of nitrogens with two attached hydrogens (primary N) is 1. The van der Waals surface area contributed by atoms with Gasteiger partial charge in [0.05, 0.1) is 6.10 Å². The molecule has 1 aliphatic rings. The molecular formula is C27H35BrN2O5S. The van der Waals surface area contributed by atoms with Gasteiger partial charge in [0.15, 0.2) is 0 Å². The standard InChI is InChI=1S/C23H31BrN2OS.C4H4O4/c1-23(2,3)18-6-4-5-16(10-18)12-26-21-14-28-13-17(22(21)27)9-15-7-8-20(25)19(24)11-15;5-3(6)1-2-4(7)8/h4-8,10-11,17,21-22,26-27H,9,12-14,25H2,1-3H3;1-2H,(H,5,6)(H,7,8)/b;2-1+/t17-,21+,22+;/m1./s1. The first-order valence-electron chi connectivity index (χ1n) is 11.6. The van der Waals surface area contributed by atoms with Gasteiger partial charge in [0.1, 0.15) is 0 Å². The minimum absolute atomic E-state index is 0.110. The molecule has 0 amide bonds. The number of nitrogens with one attached hydrogen (secondary N) is 1. The third-order valence-corrected chi connectivity index (χ3v) is 7.76. The van der Waals surface area contributed by atoms with Crippen LogP contribution < -0.4 is 11.1 Å². The second-order valence-electron chi connectivity index (χ2n) is 9.80. The Labute approximate surface area is 225 Å². The number of benzene rings is 2. The zero-order valence-corrected chi connectivity index (χ0v) is 23.2. The number of aliphatic carboxylic acids is 2. The van der Waals surface area contributed by atoms with Gasteiger partial charge in [0, 0.05) is 40.7 Å². The smallest absolute Gasteiger partial charge is 0.328 e. The minimum atomic E-state index is -1.26. The monoisotopic (exact) mass is 578 g/mol. The summed E-state index contributed by atoms with van der Waals surface area (Å²) in [5, 5.41) is 30.2. The fourth-order valence-electron chi connectivity index (χ4n) is 3.77. The number of carbonyl (C=O) groups is 2. The van der Waals surface area contributed by atoms with Gasteiger partial charge in [-0.1, -0.05) is 51.1 Å². The number of hydrogen-bond acceptors (Lipinski definition) is 6. The van der Waals surface area contributed by atoms with Gasteiger partial charge in [-0.15, -0.1) is 0 Å². The quantitative estimate of drug-likeness (QED) is 0.240. The van der Waals surface area contributed by atoms with Crippen molar-refractivity contribution < 1.29 is 24.9 Å². The van der Waals surface area contributed by atoms with Gasteiger partial charge in [-0.05, 0) is 68.3 Å². The number of halogens is 1. The molecule has 0 aliphatic carbocycles. The number of nitrogen functional groups attached to an aromatic ring is 1. The van der Waals surface area contributed by atoms with Gasteiger partial charge in [-0.3, -0.25) is 0 Å². The van der Waals surface area contributed by atoms with Gasteiger partial charge < -0.3 is 26.4 Å². The van der Waals surface area contributed by atoms with Gasteiger partial charge in [-0.2, -0.15) is 11.8 Å². The first kappa shape index (κ1) is 29.9. The van der Waals surface area contributed by atoms with E-state index in [1.807, 2.05) is 17.8 Å². The summed E-state index contributed by atoms with van der Waals surface area (Å²) in [4.78, 5) is 19.1. The van der Waals surface area contributed by atoms with Crippen molar-refractivity contribution in [3.63, 3.8) is 0 Å². The Bertz CT molecular complexity index is 1050. The molecule has 0 spiro atoms. The van der Waals surface area contributed by atoms with Crippen molar-refractivity contribution in [3.8, 4) is 0 Å². The Hall–Kier alpha value is -2.33. The molecular weight excluding hydrogens is 544 g/mol. The van der Waals surface area contributed by atoms with Crippen LogP contribution in [0, 0.1) is 5.92 Å². The van der Waals surface area contributed by atoms with Crippen molar-refractivity contribution in [3.05, 3.63) is 75.8 Å². The molecule has 7 nitrogen and oxygen atoms in total. The minimum Gasteiger partial charge on any atom is -0.478 e. The number of carboxylic acid groups (broad SMARTS) is 2. The van der Waals surface area contributed by atoms with E-state index in [0.717, 1.165) is 34.6 Å². The van der Waals surface area contributed by atoms with Gasteiger partial charge >= 0.3 is 11.9 Å². The fraction of sp³-hybridized carbons (Fsp3) is 0.407. The molecule has 36 heavy (non-hydrogen) atoms. The first-order chi connectivity index (χ1) is 16.9. The summed E-state index contributed by atoms with van der Waals surface area (Å²) >= 11 is 5.43. The molecule has 1 aliphatic heterocycles. The fourth-order valence-corrected chi connectivity index (χ4v) is 5.52. The number of aliphatic hydroxyl groups is 1. The molecule has 2 aromatic carbocycles. The van der Waals surface area contributed by atoms with Gasteiger partial charge in [0.25, 0.3) is 0 Å². The Morgan fingerprint density at radius 1 is 1.08 bits per heavy atom. The molecule has 9 heteroatoms. The molecule has 0 bridgehead atoms. The molecule has 196 valence electrons. The summed E-state index contributed by atoms with van der Waals surface area (Å²) in [5.41, 5.74) is 10.6. The normalized spacial score (nSPS) is 20.0. The SMILES string of the molecule is CC(C)(C)c1cccc(CN[C@H]2CSC[C@@H](Cc3ccc(N)c(Br)c3)[C@@H]2O)c1.O=C(O)/C=C/C(=O)O. The number of anilines is 1. The van der Waals surface area contributed by atoms with E-state index in [9.17, 15) is 14.7 Å². The number of aliphatic hydroxyl groups excluding tert-OH is 1. The summed E-state index contributed by atoms with van der Waals surface area (Å²) in [6.07, 6.45) is 1.64. The van der Waals surface area contributed by atoms with Crippen LogP contribution >= 0.6 is 27.7 Å². The van der Waals surface area contributed by atoms with Crippen LogP contribution in [0.1, 0.15) is 37.5 Å². The van der Waals surface area contributed by atoms with E-state index < -0.39 is 11.9 Å². The molecule has 6 N–H and O–H groups in total. The number of thioether (sulfide) groups is 1. The topological polar surface area (TPSA) is 133 Å². The van der Waals surface area contributed by atoms with Crippen LogP contribution in [0.2, 0.25) is 0 Å². The van der Waals surface area contributed by atoms with Crippen LogP contribution in [0.3, 0.4) is 0 Å². The van der Waals surface area contributed by atoms with E-state index in [-0.39, 0.29) is 23.5 Å². The summed E-state index contributed by atoms with van der Waals surface area (Å²) in [5.74, 6) is -0.337. The number of rotatable bonds is 7. The lowest BCUT2D eigenvalue weighted by molar-refractivity contribution is -0.134. The van der Waals surface area contributed by atoms with E-state index >= 15 is 0 Å². The van der Waals surface area contributed by atoms with Gasteiger partial charge in [-0.25, -0.2) is 9.59 Å². The summed E-state index contributed by atoms with van der Waals surface area (Å²) in [6, 6.07) is 14.9. The Balaban J connectivity index is 0.000000493. The number of hydrogen-bond donors (Lipinski definition) is 5. The van der Waals surface area contributed by atoms with E-state index in [4.69, 9.17) is 15.9 Å². The van der Waals surface area contributed by atoms with Crippen LogP contribution in [0.15, 0.2) is 59.1 Å². The van der Waals surface area contributed by atoms with E-state index in [1.165, 1.54) is 16.7 Å². The zero-order valence-electron chi connectivity index (χ0n) is 20.8. The van der Waals surface area contributed by atoms with E-state index in [2.05, 4.69) is 78.4 Å². The van der Waals surface area contributed by atoms with Crippen molar-refractivity contribution in [2.45, 2.75) is 51.3 Å². The predicted molar refractivity (Wildman–Crippen MR) is 149 cm³/mol. The Morgan fingerprint density at radius 2 is 1.75 bits per heavy atom. The van der Waals surface area contributed by atoms with Crippen LogP contribution in [0.25, 0.3) is 0 Å². The molecule has 1 saturated heterocycles. The second-order valence-corrected chi connectivity index (χ2v) is 11.7. The van der Waals surface area contributed by atoms with Crippen molar-refractivity contribution in [1.82, 2.24) is 5.32 Å². The lowest BCUT2D eigenvalue weighted by Crippen LogP contribution is -2.49. The Kier molecular flexibility index (Phi) is 11.5. The lowest BCUT2D eigenvalue weighted by atomic mass is 9.86. The lowest BCUT2D eigenvalue weighted by Gasteiger charge is -2.35. The molecule has 0 aromatic heterocycles. The maximum Gasteiger partial charge on any atom is 0.328 e. The highest BCUT2D eigenvalue weighted by Gasteiger charge is 2.32. The summed E-state index contributed by atoms with van der Waals surface area (Å²) < 4.78 is 0.927. The maximum atomic E-state index is 11.0. The molecule has 0 radical (unpaired) electrons. The van der Waals surface area contributed by atoms with Crippen LogP contribution in [-0.2, 0) is 28.0 Å².